The first-order valence-electron chi connectivity index (χ1n) is 10.3. The van der Waals surface area contributed by atoms with Crippen LogP contribution in [0.3, 0.4) is 0 Å². The normalized spacial score (nSPS) is 69.1. The van der Waals surface area contributed by atoms with Crippen LogP contribution < -0.4 is 0 Å². The molecule has 3 nitrogen and oxygen atoms in total. The van der Waals surface area contributed by atoms with Gasteiger partial charge in [-0.25, -0.2) is 0 Å². The van der Waals surface area contributed by atoms with Crippen LogP contribution in [0.15, 0.2) is 0 Å². The number of fused-ring (bicyclic) bond motifs is 10. The fraction of sp³-hybridized carbons (Fsp3) is 0.952. The van der Waals surface area contributed by atoms with Crippen molar-refractivity contribution in [2.24, 2.45) is 52.3 Å². The molecule has 0 heterocycles. The summed E-state index contributed by atoms with van der Waals surface area (Å²) in [6, 6.07) is 0. The summed E-state index contributed by atoms with van der Waals surface area (Å²) in [5, 5.41) is 21.9. The quantitative estimate of drug-likeness (QED) is 0.718. The Morgan fingerprint density at radius 1 is 1.04 bits per heavy atom. The highest BCUT2D eigenvalue weighted by atomic mass is 16.3. The zero-order valence-corrected chi connectivity index (χ0v) is 14.9. The van der Waals surface area contributed by atoms with Crippen LogP contribution in [0.2, 0.25) is 0 Å². The molecular weight excluding hydrogens is 300 g/mol. The molecule has 0 amide bonds. The number of ketones is 1. The molecule has 0 saturated heterocycles. The van der Waals surface area contributed by atoms with Gasteiger partial charge < -0.3 is 10.2 Å². The lowest BCUT2D eigenvalue weighted by Gasteiger charge is -2.63. The monoisotopic (exact) mass is 330 g/mol. The Hall–Kier alpha value is -0.410. The van der Waals surface area contributed by atoms with Crippen molar-refractivity contribution in [3.05, 3.63) is 0 Å². The van der Waals surface area contributed by atoms with E-state index in [9.17, 15) is 15.0 Å². The molecule has 6 fully saturated rings. The highest BCUT2D eigenvalue weighted by Gasteiger charge is 2.78. The van der Waals surface area contributed by atoms with E-state index in [4.69, 9.17) is 0 Å². The fourth-order valence-electron chi connectivity index (χ4n) is 8.83. The predicted octanol–water partition coefficient (Wildman–Crippen LogP) is 2.79. The van der Waals surface area contributed by atoms with Gasteiger partial charge in [0, 0.05) is 17.8 Å². The van der Waals surface area contributed by atoms with Gasteiger partial charge in [0.15, 0.2) is 0 Å². The maximum atomic E-state index is 12.9. The Kier molecular flexibility index (Phi) is 2.43. The van der Waals surface area contributed by atoms with Crippen LogP contribution in [0.5, 0.6) is 0 Å². The molecule has 0 spiro atoms. The van der Waals surface area contributed by atoms with Gasteiger partial charge in [-0.1, -0.05) is 13.8 Å². The number of aliphatic hydroxyl groups is 2. The van der Waals surface area contributed by atoms with Crippen LogP contribution in [0.1, 0.15) is 58.8 Å². The number of rotatable bonds is 0. The highest BCUT2D eigenvalue weighted by Crippen LogP contribution is 2.78. The first kappa shape index (κ1) is 14.7. The van der Waals surface area contributed by atoms with Crippen molar-refractivity contribution in [1.82, 2.24) is 0 Å². The SMILES string of the molecule is C[C@]12CCC3C([C@H]4CC4[C@]4(O)C[C@@H](O)CC[C@]34C)[C@@H]1C1CC1C2=O. The molecule has 2 N–H and O–H groups in total. The minimum Gasteiger partial charge on any atom is -0.393 e. The minimum absolute atomic E-state index is 0.0497. The second-order valence-electron chi connectivity index (χ2n) is 10.8. The van der Waals surface area contributed by atoms with E-state index in [1.807, 2.05) is 0 Å². The molecule has 6 saturated carbocycles. The van der Waals surface area contributed by atoms with Gasteiger partial charge in [0.2, 0.25) is 0 Å². The van der Waals surface area contributed by atoms with Gasteiger partial charge in [-0.15, -0.1) is 0 Å². The van der Waals surface area contributed by atoms with Crippen LogP contribution in [0.4, 0.5) is 0 Å². The molecular formula is C21H30O3. The number of Topliss-reactive ketones (excluding diaryl/α,β-unsaturated/α-hetero) is 1. The van der Waals surface area contributed by atoms with E-state index in [-0.39, 0.29) is 16.9 Å². The molecule has 6 aliphatic rings. The summed E-state index contributed by atoms with van der Waals surface area (Å²) < 4.78 is 0. The van der Waals surface area contributed by atoms with Crippen molar-refractivity contribution in [3.63, 3.8) is 0 Å². The Morgan fingerprint density at radius 3 is 2.62 bits per heavy atom. The Bertz CT molecular complexity index is 645. The van der Waals surface area contributed by atoms with Crippen molar-refractivity contribution in [3.8, 4) is 0 Å². The van der Waals surface area contributed by atoms with Gasteiger partial charge in [0.1, 0.15) is 5.78 Å². The third-order valence-electron chi connectivity index (χ3n) is 10.1. The van der Waals surface area contributed by atoms with Crippen LogP contribution >= 0.6 is 0 Å². The molecule has 24 heavy (non-hydrogen) atoms. The number of hydrogen-bond donors (Lipinski definition) is 2. The van der Waals surface area contributed by atoms with Crippen LogP contribution in [-0.2, 0) is 4.79 Å². The Balaban J connectivity index is 1.45. The summed E-state index contributed by atoms with van der Waals surface area (Å²) in [7, 11) is 0. The van der Waals surface area contributed by atoms with Gasteiger partial charge in [0.25, 0.3) is 0 Å². The minimum atomic E-state index is -0.657. The Morgan fingerprint density at radius 2 is 1.83 bits per heavy atom. The zero-order valence-electron chi connectivity index (χ0n) is 14.9. The van der Waals surface area contributed by atoms with Crippen molar-refractivity contribution >= 4 is 5.78 Å². The van der Waals surface area contributed by atoms with Gasteiger partial charge in [-0.3, -0.25) is 4.79 Å². The molecule has 0 bridgehead atoms. The second-order valence-corrected chi connectivity index (χ2v) is 10.8. The molecule has 11 atom stereocenters. The molecule has 3 heteroatoms. The number of carbonyl (C=O) groups excluding carboxylic acids is 1. The molecule has 0 aromatic heterocycles. The van der Waals surface area contributed by atoms with E-state index < -0.39 is 5.60 Å². The fourth-order valence-corrected chi connectivity index (χ4v) is 8.83. The number of aliphatic hydroxyl groups excluding tert-OH is 1. The summed E-state index contributed by atoms with van der Waals surface area (Å²) in [5.74, 6) is 4.46. The van der Waals surface area contributed by atoms with Crippen molar-refractivity contribution in [2.75, 3.05) is 0 Å². The largest absolute Gasteiger partial charge is 0.393 e. The molecule has 132 valence electrons. The third-order valence-corrected chi connectivity index (χ3v) is 10.1. The van der Waals surface area contributed by atoms with E-state index in [0.717, 1.165) is 38.5 Å². The number of hydrogen-bond acceptors (Lipinski definition) is 3. The van der Waals surface area contributed by atoms with Gasteiger partial charge >= 0.3 is 0 Å². The summed E-state index contributed by atoms with van der Waals surface area (Å²) in [4.78, 5) is 12.9. The molecule has 6 rings (SSSR count). The van der Waals surface area contributed by atoms with Gasteiger partial charge in [0.05, 0.1) is 11.7 Å². The van der Waals surface area contributed by atoms with Crippen LogP contribution in [-0.4, -0.2) is 27.7 Å². The van der Waals surface area contributed by atoms with Crippen molar-refractivity contribution in [1.29, 1.82) is 0 Å². The average Bonchev–Trinajstić information content (AvgIpc) is 3.41. The summed E-state index contributed by atoms with van der Waals surface area (Å²) in [6.45, 7) is 4.60. The molecule has 0 radical (unpaired) electrons. The lowest BCUT2D eigenvalue weighted by molar-refractivity contribution is -0.225. The lowest BCUT2D eigenvalue weighted by Crippen LogP contribution is -2.64. The van der Waals surface area contributed by atoms with Crippen molar-refractivity contribution < 1.29 is 15.0 Å². The van der Waals surface area contributed by atoms with E-state index in [1.165, 1.54) is 0 Å². The average molecular weight is 330 g/mol. The standard InChI is InChI=1S/C21H30O3/c1-19-5-4-14-16(17(19)11-7-12(11)18(19)23)13-8-15(13)21(24)9-10(22)3-6-20(14,21)2/h10-17,22,24H,3-9H2,1-2H3/t10-,11?,12?,13-,14?,15?,16?,17-,19-,20+,21+/m0/s1. The third kappa shape index (κ3) is 1.37. The topological polar surface area (TPSA) is 57.5 Å². The number of carbonyl (C=O) groups is 1. The van der Waals surface area contributed by atoms with Gasteiger partial charge in [-0.05, 0) is 79.4 Å². The molecule has 6 aliphatic carbocycles. The predicted molar refractivity (Wildman–Crippen MR) is 88.9 cm³/mol. The summed E-state index contributed by atoms with van der Waals surface area (Å²) >= 11 is 0. The molecule has 0 aliphatic heterocycles. The summed E-state index contributed by atoms with van der Waals surface area (Å²) in [6.07, 6.45) is 6.50. The first-order chi connectivity index (χ1) is 11.3. The highest BCUT2D eigenvalue weighted by molar-refractivity contribution is 5.92. The smallest absolute Gasteiger partial charge is 0.142 e. The van der Waals surface area contributed by atoms with Crippen LogP contribution in [0, 0.1) is 52.3 Å². The van der Waals surface area contributed by atoms with E-state index in [1.54, 1.807) is 0 Å². The zero-order chi connectivity index (χ0) is 16.6. The van der Waals surface area contributed by atoms with Gasteiger partial charge in [-0.2, -0.15) is 0 Å². The summed E-state index contributed by atoms with van der Waals surface area (Å²) in [5.41, 5.74) is -0.760. The maximum absolute atomic E-state index is 12.9. The second kappa shape index (κ2) is 3.96. The maximum Gasteiger partial charge on any atom is 0.142 e. The van der Waals surface area contributed by atoms with Crippen LogP contribution in [0.25, 0.3) is 0 Å². The molecule has 0 aromatic rings. The van der Waals surface area contributed by atoms with E-state index >= 15 is 0 Å². The molecule has 5 unspecified atom stereocenters. The van der Waals surface area contributed by atoms with E-state index in [2.05, 4.69) is 13.8 Å². The molecule has 0 aromatic carbocycles. The first-order valence-corrected chi connectivity index (χ1v) is 10.3. The Labute approximate surface area is 144 Å². The van der Waals surface area contributed by atoms with Crippen molar-refractivity contribution in [2.45, 2.75) is 70.5 Å². The van der Waals surface area contributed by atoms with E-state index in [0.29, 0.717) is 53.6 Å². The lowest BCUT2D eigenvalue weighted by atomic mass is 9.43.